The average molecular weight is 326 g/mol. The van der Waals surface area contributed by atoms with Gasteiger partial charge in [-0.2, -0.15) is 0 Å². The third-order valence-electron chi connectivity index (χ3n) is 3.70. The van der Waals surface area contributed by atoms with E-state index in [4.69, 9.17) is 0 Å². The molecule has 2 N–H and O–H groups in total. The Hall–Kier alpha value is -1.36. The van der Waals surface area contributed by atoms with Gasteiger partial charge < -0.3 is 10.4 Å². The lowest BCUT2D eigenvalue weighted by Crippen LogP contribution is -2.42. The number of nitrogens with one attached hydrogen (secondary N) is 1. The summed E-state index contributed by atoms with van der Waals surface area (Å²) in [5.41, 5.74) is 0.159. The lowest BCUT2D eigenvalue weighted by atomic mass is 9.66. The van der Waals surface area contributed by atoms with Crippen LogP contribution in [0.1, 0.15) is 31.2 Å². The van der Waals surface area contributed by atoms with Crippen molar-refractivity contribution in [3.05, 3.63) is 34.3 Å². The Kier molecular flexibility index (Phi) is 4.24. The summed E-state index contributed by atoms with van der Waals surface area (Å²) >= 11 is 3.41. The lowest BCUT2D eigenvalue weighted by Gasteiger charge is -2.36. The van der Waals surface area contributed by atoms with E-state index in [0.717, 1.165) is 16.5 Å². The van der Waals surface area contributed by atoms with Crippen molar-refractivity contribution in [2.24, 2.45) is 5.41 Å². The molecule has 1 fully saturated rings. The summed E-state index contributed by atoms with van der Waals surface area (Å²) in [7, 11) is 0. The first-order valence-electron chi connectivity index (χ1n) is 6.27. The van der Waals surface area contributed by atoms with Gasteiger partial charge in [-0.3, -0.25) is 9.59 Å². The Morgan fingerprint density at radius 1 is 1.32 bits per heavy atom. The molecule has 19 heavy (non-hydrogen) atoms. The van der Waals surface area contributed by atoms with Crippen LogP contribution in [-0.2, 0) is 16.1 Å². The summed E-state index contributed by atoms with van der Waals surface area (Å²) < 4.78 is 0.937. The maximum atomic E-state index is 11.9. The molecular weight excluding hydrogens is 310 g/mol. The second-order valence-corrected chi connectivity index (χ2v) is 5.84. The molecule has 1 aliphatic carbocycles. The molecule has 0 atom stereocenters. The van der Waals surface area contributed by atoms with Crippen LogP contribution in [0.25, 0.3) is 0 Å². The third-order valence-corrected chi connectivity index (χ3v) is 4.47. The molecule has 0 bridgehead atoms. The highest BCUT2D eigenvalue weighted by molar-refractivity contribution is 9.10. The van der Waals surface area contributed by atoms with Crippen LogP contribution >= 0.6 is 15.9 Å². The van der Waals surface area contributed by atoms with Gasteiger partial charge in [0.25, 0.3) is 0 Å². The molecule has 2 rings (SSSR count). The number of carbonyl (C=O) groups excluding carboxylic acids is 1. The summed E-state index contributed by atoms with van der Waals surface area (Å²) in [6, 6.07) is 7.63. The smallest absolute Gasteiger partial charge is 0.310 e. The van der Waals surface area contributed by atoms with Crippen LogP contribution in [0.15, 0.2) is 28.7 Å². The topological polar surface area (TPSA) is 66.4 Å². The van der Waals surface area contributed by atoms with Crippen molar-refractivity contribution >= 4 is 27.8 Å². The van der Waals surface area contributed by atoms with Crippen molar-refractivity contribution in [1.29, 1.82) is 0 Å². The zero-order valence-electron chi connectivity index (χ0n) is 10.5. The summed E-state index contributed by atoms with van der Waals surface area (Å²) in [6.07, 6.45) is 2.17. The van der Waals surface area contributed by atoms with E-state index in [1.54, 1.807) is 0 Å². The number of aliphatic carboxylic acids is 1. The van der Waals surface area contributed by atoms with Gasteiger partial charge in [0.2, 0.25) is 5.91 Å². The molecule has 102 valence electrons. The van der Waals surface area contributed by atoms with Gasteiger partial charge in [-0.15, -0.1) is 0 Å². The number of carboxylic acid groups (broad SMARTS) is 1. The van der Waals surface area contributed by atoms with Gasteiger partial charge in [0.05, 0.1) is 5.41 Å². The van der Waals surface area contributed by atoms with Crippen molar-refractivity contribution in [2.45, 2.75) is 32.2 Å². The van der Waals surface area contributed by atoms with Crippen molar-refractivity contribution in [3.63, 3.8) is 0 Å². The third kappa shape index (κ3) is 3.15. The number of amides is 1. The van der Waals surface area contributed by atoms with Crippen LogP contribution in [0, 0.1) is 5.41 Å². The Labute approximate surface area is 120 Å². The number of hydrogen-bond acceptors (Lipinski definition) is 2. The van der Waals surface area contributed by atoms with E-state index < -0.39 is 11.4 Å². The van der Waals surface area contributed by atoms with E-state index in [1.165, 1.54) is 0 Å². The molecule has 0 heterocycles. The van der Waals surface area contributed by atoms with E-state index in [1.807, 2.05) is 24.3 Å². The van der Waals surface area contributed by atoms with Crippen molar-refractivity contribution in [3.8, 4) is 0 Å². The summed E-state index contributed by atoms with van der Waals surface area (Å²) in [4.78, 5) is 23.0. The molecule has 0 aliphatic heterocycles. The van der Waals surface area contributed by atoms with Crippen LogP contribution in [0.3, 0.4) is 0 Å². The second kappa shape index (κ2) is 5.74. The summed E-state index contributed by atoms with van der Waals surface area (Å²) in [5, 5.41) is 12.0. The first-order valence-corrected chi connectivity index (χ1v) is 7.06. The predicted octanol–water partition coefficient (Wildman–Crippen LogP) is 2.71. The van der Waals surface area contributed by atoms with Gasteiger partial charge in [0.1, 0.15) is 0 Å². The number of benzene rings is 1. The molecular formula is C14H16BrNO3. The van der Waals surface area contributed by atoms with Gasteiger partial charge in [0, 0.05) is 17.4 Å². The standard InChI is InChI=1S/C14H16BrNO3/c15-11-5-2-1-4-10(11)9-16-12(17)8-14(13(18)19)6-3-7-14/h1-2,4-5H,3,6-9H2,(H,16,17)(H,18,19). The molecule has 1 aromatic carbocycles. The highest BCUT2D eigenvalue weighted by atomic mass is 79.9. The predicted molar refractivity (Wildman–Crippen MR) is 74.5 cm³/mol. The maximum absolute atomic E-state index is 11.9. The fraction of sp³-hybridized carbons (Fsp3) is 0.429. The van der Waals surface area contributed by atoms with Crippen molar-refractivity contribution in [2.75, 3.05) is 0 Å². The van der Waals surface area contributed by atoms with Gasteiger partial charge in [-0.1, -0.05) is 40.5 Å². The molecule has 0 aromatic heterocycles. The van der Waals surface area contributed by atoms with Gasteiger partial charge in [0.15, 0.2) is 0 Å². The van der Waals surface area contributed by atoms with Crippen molar-refractivity contribution < 1.29 is 14.7 Å². The molecule has 1 saturated carbocycles. The van der Waals surface area contributed by atoms with E-state index in [9.17, 15) is 14.7 Å². The highest BCUT2D eigenvalue weighted by Crippen LogP contribution is 2.44. The molecule has 5 heteroatoms. The Morgan fingerprint density at radius 3 is 2.53 bits per heavy atom. The first-order chi connectivity index (χ1) is 9.03. The second-order valence-electron chi connectivity index (χ2n) is 4.98. The maximum Gasteiger partial charge on any atom is 0.310 e. The number of carbonyl (C=O) groups is 2. The first kappa shape index (κ1) is 14.1. The van der Waals surface area contributed by atoms with Gasteiger partial charge in [-0.05, 0) is 24.5 Å². The fourth-order valence-corrected chi connectivity index (χ4v) is 2.70. The number of hydrogen-bond donors (Lipinski definition) is 2. The zero-order valence-corrected chi connectivity index (χ0v) is 12.1. The summed E-state index contributed by atoms with van der Waals surface area (Å²) in [5.74, 6) is -1.05. The van der Waals surface area contributed by atoms with E-state index in [2.05, 4.69) is 21.2 Å². The molecule has 4 nitrogen and oxygen atoms in total. The SMILES string of the molecule is O=C(CC1(C(=O)O)CCC1)NCc1ccccc1Br. The normalized spacial score (nSPS) is 16.5. The quantitative estimate of drug-likeness (QED) is 0.874. The number of rotatable bonds is 5. The number of halogens is 1. The minimum Gasteiger partial charge on any atom is -0.481 e. The van der Waals surface area contributed by atoms with E-state index in [0.29, 0.717) is 19.4 Å². The fourth-order valence-electron chi connectivity index (χ4n) is 2.28. The monoisotopic (exact) mass is 325 g/mol. The molecule has 1 aromatic rings. The largest absolute Gasteiger partial charge is 0.481 e. The van der Waals surface area contributed by atoms with Gasteiger partial charge in [-0.25, -0.2) is 0 Å². The molecule has 1 aliphatic rings. The molecule has 0 spiro atoms. The number of carboxylic acids is 1. The Balaban J connectivity index is 1.89. The Bertz CT molecular complexity index is 497. The lowest BCUT2D eigenvalue weighted by molar-refractivity contribution is -0.157. The average Bonchev–Trinajstić information content (AvgIpc) is 2.32. The highest BCUT2D eigenvalue weighted by Gasteiger charge is 2.45. The van der Waals surface area contributed by atoms with Crippen LogP contribution in [-0.4, -0.2) is 17.0 Å². The van der Waals surface area contributed by atoms with Crippen LogP contribution in [0.5, 0.6) is 0 Å². The molecule has 0 radical (unpaired) electrons. The molecule has 0 saturated heterocycles. The van der Waals surface area contributed by atoms with Crippen LogP contribution in [0.4, 0.5) is 0 Å². The Morgan fingerprint density at radius 2 is 2.00 bits per heavy atom. The zero-order chi connectivity index (χ0) is 13.9. The van der Waals surface area contributed by atoms with Gasteiger partial charge >= 0.3 is 5.97 Å². The summed E-state index contributed by atoms with van der Waals surface area (Å²) in [6.45, 7) is 0.413. The molecule has 0 unspecified atom stereocenters. The van der Waals surface area contributed by atoms with E-state index in [-0.39, 0.29) is 12.3 Å². The van der Waals surface area contributed by atoms with E-state index >= 15 is 0 Å². The minimum absolute atomic E-state index is 0.0762. The van der Waals surface area contributed by atoms with Crippen molar-refractivity contribution in [1.82, 2.24) is 5.32 Å². The minimum atomic E-state index is -0.852. The van der Waals surface area contributed by atoms with Crippen LogP contribution < -0.4 is 5.32 Å². The molecule has 1 amide bonds. The van der Waals surface area contributed by atoms with Crippen LogP contribution in [0.2, 0.25) is 0 Å².